The molecule has 2 aromatic rings. The predicted molar refractivity (Wildman–Crippen MR) is 102 cm³/mol. The lowest BCUT2D eigenvalue weighted by Crippen LogP contribution is -2.40. The minimum atomic E-state index is -0.105. The van der Waals surface area contributed by atoms with E-state index in [0.717, 1.165) is 12.0 Å². The van der Waals surface area contributed by atoms with Crippen molar-refractivity contribution in [2.45, 2.75) is 19.9 Å². The maximum absolute atomic E-state index is 12.5. The summed E-state index contributed by atoms with van der Waals surface area (Å²) in [5.74, 6) is -0.105. The number of nitrogens with one attached hydrogen (secondary N) is 1. The minimum Gasteiger partial charge on any atom is -0.354 e. The molecule has 3 amide bonds. The van der Waals surface area contributed by atoms with E-state index in [-0.39, 0.29) is 18.5 Å². The molecule has 0 unspecified atom stereocenters. The second kappa shape index (κ2) is 8.52. The summed E-state index contributed by atoms with van der Waals surface area (Å²) >= 11 is 0. The predicted octanol–water partition coefficient (Wildman–Crippen LogP) is 2.59. The van der Waals surface area contributed by atoms with Crippen molar-refractivity contribution in [1.29, 1.82) is 0 Å². The van der Waals surface area contributed by atoms with Gasteiger partial charge in [-0.2, -0.15) is 0 Å². The van der Waals surface area contributed by atoms with Gasteiger partial charge in [-0.15, -0.1) is 0 Å². The highest BCUT2D eigenvalue weighted by Gasteiger charge is 2.29. The Labute approximate surface area is 154 Å². The lowest BCUT2D eigenvalue weighted by molar-refractivity contribution is -0.121. The highest BCUT2D eigenvalue weighted by molar-refractivity contribution is 5.85. The van der Waals surface area contributed by atoms with Crippen LogP contribution >= 0.6 is 0 Å². The van der Waals surface area contributed by atoms with E-state index in [2.05, 4.69) is 11.4 Å². The van der Waals surface area contributed by atoms with Crippen LogP contribution < -0.4 is 5.32 Å². The molecule has 1 N–H and O–H groups in total. The molecule has 0 aliphatic carbocycles. The van der Waals surface area contributed by atoms with Crippen LogP contribution in [0.25, 0.3) is 0 Å². The quantitative estimate of drug-likeness (QED) is 0.834. The first-order valence-corrected chi connectivity index (χ1v) is 9.02. The topological polar surface area (TPSA) is 52.6 Å². The average Bonchev–Trinajstić information content (AvgIpc) is 2.96. The van der Waals surface area contributed by atoms with Crippen molar-refractivity contribution < 1.29 is 9.59 Å². The van der Waals surface area contributed by atoms with Crippen LogP contribution in [0.1, 0.15) is 16.7 Å². The number of aryl methyl sites for hydroxylation is 1. The fraction of sp³-hybridized carbons (Fsp3) is 0.333. The van der Waals surface area contributed by atoms with E-state index in [1.807, 2.05) is 55.5 Å². The van der Waals surface area contributed by atoms with Crippen molar-refractivity contribution in [1.82, 2.24) is 15.1 Å². The van der Waals surface area contributed by atoms with E-state index >= 15 is 0 Å². The fourth-order valence-electron chi connectivity index (χ4n) is 3.18. The van der Waals surface area contributed by atoms with Crippen LogP contribution in [0.3, 0.4) is 0 Å². The molecule has 1 aliphatic rings. The van der Waals surface area contributed by atoms with Crippen LogP contribution in [0, 0.1) is 6.92 Å². The van der Waals surface area contributed by atoms with Crippen LogP contribution in [0.15, 0.2) is 54.6 Å². The monoisotopic (exact) mass is 351 g/mol. The van der Waals surface area contributed by atoms with Gasteiger partial charge in [0.2, 0.25) is 5.91 Å². The van der Waals surface area contributed by atoms with Crippen molar-refractivity contribution in [3.05, 3.63) is 71.3 Å². The molecule has 1 aliphatic heterocycles. The zero-order valence-corrected chi connectivity index (χ0v) is 15.1. The van der Waals surface area contributed by atoms with Gasteiger partial charge in [-0.25, -0.2) is 4.79 Å². The molecule has 0 saturated carbocycles. The van der Waals surface area contributed by atoms with Gasteiger partial charge in [0.1, 0.15) is 6.54 Å². The number of hydrogen-bond acceptors (Lipinski definition) is 2. The molecule has 2 aromatic carbocycles. The summed E-state index contributed by atoms with van der Waals surface area (Å²) in [6.45, 7) is 4.59. The number of carbonyl (C=O) groups excluding carboxylic acids is 2. The number of nitrogens with zero attached hydrogens (tertiary/aromatic N) is 2. The first kappa shape index (κ1) is 18.0. The largest absolute Gasteiger partial charge is 0.354 e. The van der Waals surface area contributed by atoms with Gasteiger partial charge in [0.05, 0.1) is 0 Å². The first-order chi connectivity index (χ1) is 12.6. The maximum atomic E-state index is 12.5. The van der Waals surface area contributed by atoms with Crippen molar-refractivity contribution >= 4 is 11.9 Å². The molecule has 1 fully saturated rings. The van der Waals surface area contributed by atoms with Crippen molar-refractivity contribution in [2.24, 2.45) is 0 Å². The molecule has 5 nitrogen and oxygen atoms in total. The molecule has 136 valence electrons. The van der Waals surface area contributed by atoms with Crippen LogP contribution in [0.4, 0.5) is 4.79 Å². The van der Waals surface area contributed by atoms with Crippen molar-refractivity contribution in [2.75, 3.05) is 26.2 Å². The minimum absolute atomic E-state index is 0.0651. The summed E-state index contributed by atoms with van der Waals surface area (Å²) in [6.07, 6.45) is 0.792. The lowest BCUT2D eigenvalue weighted by atomic mass is 10.1. The molecular weight excluding hydrogens is 326 g/mol. The Kier molecular flexibility index (Phi) is 5.89. The zero-order valence-electron chi connectivity index (χ0n) is 15.1. The van der Waals surface area contributed by atoms with E-state index in [0.29, 0.717) is 26.2 Å². The Balaban J connectivity index is 1.43. The Bertz CT molecular complexity index is 761. The number of carbonyl (C=O) groups is 2. The average molecular weight is 351 g/mol. The Morgan fingerprint density at radius 2 is 1.73 bits per heavy atom. The smallest absolute Gasteiger partial charge is 0.320 e. The number of rotatable bonds is 7. The molecule has 0 spiro atoms. The van der Waals surface area contributed by atoms with Crippen LogP contribution in [-0.2, 0) is 17.8 Å². The third kappa shape index (κ3) is 4.85. The molecule has 1 heterocycles. The highest BCUT2D eigenvalue weighted by Crippen LogP contribution is 2.14. The molecule has 1 saturated heterocycles. The summed E-state index contributed by atoms with van der Waals surface area (Å²) in [7, 11) is 0. The van der Waals surface area contributed by atoms with E-state index in [4.69, 9.17) is 0 Å². The van der Waals surface area contributed by atoms with E-state index in [1.165, 1.54) is 11.1 Å². The van der Waals surface area contributed by atoms with Gasteiger partial charge in [0, 0.05) is 26.2 Å². The molecule has 5 heteroatoms. The summed E-state index contributed by atoms with van der Waals surface area (Å²) in [4.78, 5) is 28.0. The van der Waals surface area contributed by atoms with Gasteiger partial charge in [-0.1, -0.05) is 60.2 Å². The van der Waals surface area contributed by atoms with E-state index < -0.39 is 0 Å². The standard InChI is InChI=1S/C21H25N3O2/c1-17-6-5-9-19(14-17)15-23-12-13-24(21(23)26)16-20(25)22-11-10-18-7-3-2-4-8-18/h2-9,14H,10-13,15-16H2,1H3,(H,22,25). The van der Waals surface area contributed by atoms with Crippen molar-refractivity contribution in [3.63, 3.8) is 0 Å². The van der Waals surface area contributed by atoms with Crippen molar-refractivity contribution in [3.8, 4) is 0 Å². The molecule has 0 aromatic heterocycles. The molecule has 0 bridgehead atoms. The summed E-state index contributed by atoms with van der Waals surface area (Å²) in [6, 6.07) is 18.1. The molecular formula is C21H25N3O2. The van der Waals surface area contributed by atoms with Gasteiger partial charge in [-0.05, 0) is 24.5 Å². The van der Waals surface area contributed by atoms with Crippen LogP contribution in [0.5, 0.6) is 0 Å². The second-order valence-electron chi connectivity index (χ2n) is 6.70. The Morgan fingerprint density at radius 3 is 2.50 bits per heavy atom. The Hall–Kier alpha value is -2.82. The number of amides is 3. The normalized spacial score (nSPS) is 14.0. The molecule has 26 heavy (non-hydrogen) atoms. The molecule has 0 radical (unpaired) electrons. The number of hydrogen-bond donors (Lipinski definition) is 1. The van der Waals surface area contributed by atoms with E-state index in [9.17, 15) is 9.59 Å². The zero-order chi connectivity index (χ0) is 18.4. The lowest BCUT2D eigenvalue weighted by Gasteiger charge is -2.18. The van der Waals surface area contributed by atoms with Gasteiger partial charge < -0.3 is 15.1 Å². The first-order valence-electron chi connectivity index (χ1n) is 9.02. The highest BCUT2D eigenvalue weighted by atomic mass is 16.2. The maximum Gasteiger partial charge on any atom is 0.320 e. The summed E-state index contributed by atoms with van der Waals surface area (Å²) in [5.41, 5.74) is 3.49. The van der Waals surface area contributed by atoms with Crippen LogP contribution in [0.2, 0.25) is 0 Å². The number of urea groups is 1. The fourth-order valence-corrected chi connectivity index (χ4v) is 3.18. The van der Waals surface area contributed by atoms with Crippen LogP contribution in [-0.4, -0.2) is 47.9 Å². The molecule has 0 atom stereocenters. The summed E-state index contributed by atoms with van der Waals surface area (Å²) < 4.78 is 0. The summed E-state index contributed by atoms with van der Waals surface area (Å²) in [5, 5.41) is 2.90. The Morgan fingerprint density at radius 1 is 1.00 bits per heavy atom. The van der Waals surface area contributed by atoms with Gasteiger partial charge in [0.25, 0.3) is 0 Å². The third-order valence-corrected chi connectivity index (χ3v) is 4.55. The SMILES string of the molecule is Cc1cccc(CN2CCN(CC(=O)NCCc3ccccc3)C2=O)c1. The van der Waals surface area contributed by atoms with E-state index in [1.54, 1.807) is 9.80 Å². The molecule has 3 rings (SSSR count). The number of benzene rings is 2. The third-order valence-electron chi connectivity index (χ3n) is 4.55. The van der Waals surface area contributed by atoms with Gasteiger partial charge >= 0.3 is 6.03 Å². The van der Waals surface area contributed by atoms with Gasteiger partial charge in [0.15, 0.2) is 0 Å². The second-order valence-corrected chi connectivity index (χ2v) is 6.70. The van der Waals surface area contributed by atoms with Gasteiger partial charge in [-0.3, -0.25) is 4.79 Å².